The first-order valence-corrected chi connectivity index (χ1v) is 8.29. The van der Waals surface area contributed by atoms with Gasteiger partial charge in [0, 0.05) is 12.1 Å². The predicted octanol–water partition coefficient (Wildman–Crippen LogP) is 2.80. The molecule has 0 N–H and O–H groups in total. The normalized spacial score (nSPS) is 29.3. The Balaban J connectivity index is 1.65. The van der Waals surface area contributed by atoms with Crippen molar-refractivity contribution in [1.82, 2.24) is 4.90 Å². The van der Waals surface area contributed by atoms with Crippen LogP contribution in [0.15, 0.2) is 30.3 Å². The van der Waals surface area contributed by atoms with Crippen molar-refractivity contribution in [2.24, 2.45) is 0 Å². The van der Waals surface area contributed by atoms with Crippen molar-refractivity contribution in [3.63, 3.8) is 0 Å². The third kappa shape index (κ3) is 3.31. The summed E-state index contributed by atoms with van der Waals surface area (Å²) in [4.78, 5) is 15.0. The van der Waals surface area contributed by atoms with E-state index in [9.17, 15) is 4.79 Å². The lowest BCUT2D eigenvalue weighted by atomic mass is 9.98. The molecule has 2 aliphatic heterocycles. The molecule has 0 spiro atoms. The molecule has 120 valence electrons. The van der Waals surface area contributed by atoms with E-state index < -0.39 is 5.92 Å². The van der Waals surface area contributed by atoms with Gasteiger partial charge < -0.3 is 13.8 Å². The fraction of sp³-hybridized carbons (Fsp3) is 0.588. The number of carbonyl (C=O) groups excluding carboxylic acids is 1. The standard InChI is InChI=1S/C17H23NO3S/c1-18-13-7-8-14(18)10-15(9-13)21-17(19)16(11-20-22)12-5-3-2-4-6-12/h2-6,13-16,22H,7-11H2,1H3/t13-,14+,15?,16?. The van der Waals surface area contributed by atoms with Crippen LogP contribution in [0.4, 0.5) is 0 Å². The Morgan fingerprint density at radius 1 is 1.27 bits per heavy atom. The Kier molecular flexibility index (Phi) is 5.06. The largest absolute Gasteiger partial charge is 0.462 e. The zero-order valence-corrected chi connectivity index (χ0v) is 13.7. The van der Waals surface area contributed by atoms with Crippen molar-refractivity contribution in [2.75, 3.05) is 13.7 Å². The number of fused-ring (bicyclic) bond motifs is 2. The molecule has 4 nitrogen and oxygen atoms in total. The highest BCUT2D eigenvalue weighted by molar-refractivity contribution is 7.75. The molecule has 22 heavy (non-hydrogen) atoms. The van der Waals surface area contributed by atoms with Crippen LogP contribution in [0.1, 0.15) is 37.2 Å². The second kappa shape index (κ2) is 7.02. The van der Waals surface area contributed by atoms with Gasteiger partial charge in [-0.25, -0.2) is 0 Å². The van der Waals surface area contributed by atoms with Crippen LogP contribution in [0.5, 0.6) is 0 Å². The fourth-order valence-corrected chi connectivity index (χ4v) is 3.91. The smallest absolute Gasteiger partial charge is 0.316 e. The van der Waals surface area contributed by atoms with Crippen LogP contribution in [0.3, 0.4) is 0 Å². The minimum Gasteiger partial charge on any atom is -0.462 e. The monoisotopic (exact) mass is 321 g/mol. The van der Waals surface area contributed by atoms with Crippen LogP contribution in [0.25, 0.3) is 0 Å². The van der Waals surface area contributed by atoms with E-state index >= 15 is 0 Å². The van der Waals surface area contributed by atoms with E-state index in [-0.39, 0.29) is 18.7 Å². The lowest BCUT2D eigenvalue weighted by Gasteiger charge is -2.36. The SMILES string of the molecule is CN1[C@@H]2CC[C@H]1CC(OC(=O)C(COS)c1ccccc1)C2. The fourth-order valence-electron chi connectivity index (χ4n) is 3.76. The number of piperidine rings is 1. The van der Waals surface area contributed by atoms with E-state index in [1.165, 1.54) is 12.8 Å². The quantitative estimate of drug-likeness (QED) is 0.514. The first-order valence-electron chi connectivity index (χ1n) is 7.92. The topological polar surface area (TPSA) is 38.8 Å². The van der Waals surface area contributed by atoms with E-state index in [4.69, 9.17) is 8.92 Å². The summed E-state index contributed by atoms with van der Waals surface area (Å²) in [6.07, 6.45) is 4.37. The van der Waals surface area contributed by atoms with Crippen LogP contribution in [0, 0.1) is 0 Å². The summed E-state index contributed by atoms with van der Waals surface area (Å²) in [6.45, 7) is 0.228. The van der Waals surface area contributed by atoms with Crippen molar-refractivity contribution >= 4 is 18.9 Å². The molecule has 1 aromatic carbocycles. The van der Waals surface area contributed by atoms with Crippen molar-refractivity contribution in [1.29, 1.82) is 0 Å². The summed E-state index contributed by atoms with van der Waals surface area (Å²) >= 11 is 3.81. The Morgan fingerprint density at radius 2 is 1.91 bits per heavy atom. The van der Waals surface area contributed by atoms with Crippen molar-refractivity contribution in [3.05, 3.63) is 35.9 Å². The third-order valence-corrected chi connectivity index (χ3v) is 5.21. The Morgan fingerprint density at radius 3 is 2.50 bits per heavy atom. The Labute approximate surface area is 137 Å². The highest BCUT2D eigenvalue weighted by Gasteiger charge is 2.40. The number of hydrogen-bond acceptors (Lipinski definition) is 5. The molecule has 0 amide bonds. The molecule has 0 aliphatic carbocycles. The predicted molar refractivity (Wildman–Crippen MR) is 87.8 cm³/mol. The molecule has 2 unspecified atom stereocenters. The third-order valence-electron chi connectivity index (χ3n) is 5.07. The molecule has 2 heterocycles. The summed E-state index contributed by atoms with van der Waals surface area (Å²) in [5.41, 5.74) is 0.914. The maximum absolute atomic E-state index is 12.6. The molecule has 3 rings (SSSR count). The van der Waals surface area contributed by atoms with E-state index in [2.05, 4.69) is 24.9 Å². The van der Waals surface area contributed by atoms with E-state index in [1.807, 2.05) is 30.3 Å². The van der Waals surface area contributed by atoms with E-state index in [0.29, 0.717) is 12.1 Å². The molecule has 2 saturated heterocycles. The molecule has 0 radical (unpaired) electrons. The van der Waals surface area contributed by atoms with Crippen LogP contribution < -0.4 is 0 Å². The van der Waals surface area contributed by atoms with Gasteiger partial charge in [-0.1, -0.05) is 30.3 Å². The van der Waals surface area contributed by atoms with Crippen molar-refractivity contribution < 1.29 is 13.7 Å². The number of rotatable bonds is 5. The summed E-state index contributed by atoms with van der Waals surface area (Å²) in [7, 11) is 2.18. The van der Waals surface area contributed by atoms with Crippen LogP contribution >= 0.6 is 12.9 Å². The van der Waals surface area contributed by atoms with Gasteiger partial charge in [0.15, 0.2) is 0 Å². The highest BCUT2D eigenvalue weighted by Crippen LogP contribution is 2.36. The molecular formula is C17H23NO3S. The summed E-state index contributed by atoms with van der Waals surface area (Å²) in [5, 5.41) is 0. The average molecular weight is 321 g/mol. The van der Waals surface area contributed by atoms with Crippen LogP contribution in [0.2, 0.25) is 0 Å². The van der Waals surface area contributed by atoms with Gasteiger partial charge in [-0.3, -0.25) is 4.79 Å². The molecule has 2 fully saturated rings. The second-order valence-electron chi connectivity index (χ2n) is 6.34. The molecule has 0 aromatic heterocycles. The molecule has 1 aromatic rings. The lowest BCUT2D eigenvalue weighted by molar-refractivity contribution is -0.155. The number of carbonyl (C=O) groups is 1. The van der Waals surface area contributed by atoms with Crippen LogP contribution in [-0.2, 0) is 13.7 Å². The van der Waals surface area contributed by atoms with E-state index in [1.54, 1.807) is 0 Å². The zero-order chi connectivity index (χ0) is 15.5. The summed E-state index contributed by atoms with van der Waals surface area (Å²) in [6, 6.07) is 10.8. The van der Waals surface area contributed by atoms with E-state index in [0.717, 1.165) is 18.4 Å². The van der Waals surface area contributed by atoms with Gasteiger partial charge >= 0.3 is 5.97 Å². The number of nitrogens with zero attached hydrogens (tertiary/aromatic N) is 1. The maximum Gasteiger partial charge on any atom is 0.316 e. The molecule has 4 atom stereocenters. The first kappa shape index (κ1) is 15.8. The summed E-state index contributed by atoms with van der Waals surface area (Å²) in [5.74, 6) is -0.606. The average Bonchev–Trinajstić information content (AvgIpc) is 2.75. The zero-order valence-electron chi connectivity index (χ0n) is 12.9. The number of ether oxygens (including phenoxy) is 1. The molecular weight excluding hydrogens is 298 g/mol. The van der Waals surface area contributed by atoms with Gasteiger partial charge in [0.1, 0.15) is 12.0 Å². The van der Waals surface area contributed by atoms with Crippen molar-refractivity contribution in [2.45, 2.75) is 49.8 Å². The van der Waals surface area contributed by atoms with Gasteiger partial charge in [-0.15, -0.1) is 0 Å². The molecule has 2 aliphatic rings. The number of hydrogen-bond donors (Lipinski definition) is 1. The van der Waals surface area contributed by atoms with Crippen molar-refractivity contribution in [3.8, 4) is 0 Å². The number of benzene rings is 1. The highest BCUT2D eigenvalue weighted by atomic mass is 32.1. The van der Waals surface area contributed by atoms with Crippen LogP contribution in [-0.4, -0.2) is 42.7 Å². The van der Waals surface area contributed by atoms with Gasteiger partial charge in [0.05, 0.1) is 6.61 Å². The second-order valence-corrected chi connectivity index (χ2v) is 6.60. The Hall–Kier alpha value is -1.04. The summed E-state index contributed by atoms with van der Waals surface area (Å²) < 4.78 is 10.7. The van der Waals surface area contributed by atoms with Gasteiger partial charge in [0.25, 0.3) is 0 Å². The van der Waals surface area contributed by atoms with Gasteiger partial charge in [-0.05, 0) is 51.2 Å². The maximum atomic E-state index is 12.6. The molecule has 5 heteroatoms. The number of thiol groups is 1. The molecule has 2 bridgehead atoms. The Bertz CT molecular complexity index is 496. The lowest BCUT2D eigenvalue weighted by Crippen LogP contribution is -2.43. The first-order chi connectivity index (χ1) is 10.7. The minimum absolute atomic E-state index is 0.0346. The number of esters is 1. The minimum atomic E-state index is -0.406. The van der Waals surface area contributed by atoms with Gasteiger partial charge in [-0.2, -0.15) is 0 Å². The van der Waals surface area contributed by atoms with Gasteiger partial charge in [0.2, 0.25) is 0 Å². The molecule has 0 saturated carbocycles.